The zero-order chi connectivity index (χ0) is 25.4. The number of halogens is 3. The molecule has 0 aliphatic carbocycles. The molecule has 2 N–H and O–H groups in total. The van der Waals surface area contributed by atoms with Crippen molar-refractivity contribution in [1.82, 2.24) is 15.5 Å². The first-order chi connectivity index (χ1) is 16.7. The van der Waals surface area contributed by atoms with E-state index in [-0.39, 0.29) is 42.9 Å². The molecule has 7 nitrogen and oxygen atoms in total. The third kappa shape index (κ3) is 7.05. The number of carbonyl (C=O) groups is 3. The average Bonchev–Trinajstić information content (AvgIpc) is 2.87. The highest BCUT2D eigenvalue weighted by molar-refractivity contribution is 5.97. The van der Waals surface area contributed by atoms with Crippen molar-refractivity contribution in [2.24, 2.45) is 5.92 Å². The van der Waals surface area contributed by atoms with E-state index in [1.54, 1.807) is 30.3 Å². The van der Waals surface area contributed by atoms with Gasteiger partial charge in [-0.3, -0.25) is 14.4 Å². The quantitative estimate of drug-likeness (QED) is 0.556. The summed E-state index contributed by atoms with van der Waals surface area (Å²) in [6.45, 7) is 1.10. The third-order valence-corrected chi connectivity index (χ3v) is 5.95. The van der Waals surface area contributed by atoms with E-state index >= 15 is 0 Å². The Morgan fingerprint density at radius 1 is 1.03 bits per heavy atom. The Morgan fingerprint density at radius 2 is 1.69 bits per heavy atom. The Bertz CT molecular complexity index is 1020. The van der Waals surface area contributed by atoms with Gasteiger partial charge in [-0.2, -0.15) is 13.2 Å². The normalized spacial score (nSPS) is 15.4. The summed E-state index contributed by atoms with van der Waals surface area (Å²) in [6.07, 6.45) is -3.73. The fourth-order valence-corrected chi connectivity index (χ4v) is 4.04. The number of ether oxygens (including phenoxy) is 1. The summed E-state index contributed by atoms with van der Waals surface area (Å²) in [4.78, 5) is 39.9. The molecule has 3 rings (SSSR count). The second-order valence-corrected chi connectivity index (χ2v) is 8.31. The summed E-state index contributed by atoms with van der Waals surface area (Å²) < 4.78 is 44.0. The minimum atomic E-state index is -4.54. The van der Waals surface area contributed by atoms with Gasteiger partial charge in [-0.1, -0.05) is 24.3 Å². The van der Waals surface area contributed by atoms with Crippen molar-refractivity contribution in [3.63, 3.8) is 0 Å². The van der Waals surface area contributed by atoms with Crippen molar-refractivity contribution in [1.29, 1.82) is 0 Å². The van der Waals surface area contributed by atoms with Crippen LogP contribution >= 0.6 is 0 Å². The number of carbonyl (C=O) groups excluding carboxylic acids is 3. The van der Waals surface area contributed by atoms with Gasteiger partial charge in [0.25, 0.3) is 11.8 Å². The molecule has 1 unspecified atom stereocenters. The van der Waals surface area contributed by atoms with Crippen molar-refractivity contribution in [2.45, 2.75) is 25.1 Å². The van der Waals surface area contributed by atoms with Crippen LogP contribution in [-0.4, -0.2) is 62.0 Å². The molecule has 2 aromatic carbocycles. The number of piperidine rings is 1. The number of amides is 3. The summed E-state index contributed by atoms with van der Waals surface area (Å²) in [5.41, 5.74) is -0.501. The van der Waals surface area contributed by atoms with E-state index in [9.17, 15) is 27.6 Å². The van der Waals surface area contributed by atoms with E-state index < -0.39 is 23.7 Å². The highest BCUT2D eigenvalue weighted by Gasteiger charge is 2.35. The van der Waals surface area contributed by atoms with Crippen LogP contribution in [0.1, 0.15) is 39.1 Å². The fourth-order valence-electron chi connectivity index (χ4n) is 4.04. The zero-order valence-corrected chi connectivity index (χ0v) is 19.3. The smallest absolute Gasteiger partial charge is 0.383 e. The molecule has 1 aliphatic heterocycles. The molecular formula is C25H28F3N3O4. The predicted molar refractivity (Wildman–Crippen MR) is 123 cm³/mol. The fraction of sp³-hybridized carbons (Fsp3) is 0.400. The SMILES string of the molecule is COCCNC(=O)C(NC(=O)c1ccccc1)C1CCN(C(=O)c2cccc(C(F)(F)F)c2)CC1. The molecule has 1 heterocycles. The van der Waals surface area contributed by atoms with Gasteiger partial charge in [-0.15, -0.1) is 0 Å². The van der Waals surface area contributed by atoms with Gasteiger partial charge < -0.3 is 20.3 Å². The van der Waals surface area contributed by atoms with Crippen molar-refractivity contribution in [3.8, 4) is 0 Å². The first-order valence-electron chi connectivity index (χ1n) is 11.3. The summed E-state index contributed by atoms with van der Waals surface area (Å²) >= 11 is 0. The Balaban J connectivity index is 1.68. The largest absolute Gasteiger partial charge is 0.416 e. The van der Waals surface area contributed by atoms with E-state index in [0.717, 1.165) is 12.1 Å². The van der Waals surface area contributed by atoms with E-state index in [0.29, 0.717) is 25.0 Å². The summed E-state index contributed by atoms with van der Waals surface area (Å²) in [5, 5.41) is 5.56. The van der Waals surface area contributed by atoms with Crippen molar-refractivity contribution in [3.05, 3.63) is 71.3 Å². The van der Waals surface area contributed by atoms with Gasteiger partial charge in [0.15, 0.2) is 0 Å². The highest BCUT2D eigenvalue weighted by atomic mass is 19.4. The molecular weight excluding hydrogens is 463 g/mol. The second-order valence-electron chi connectivity index (χ2n) is 8.31. The van der Waals surface area contributed by atoms with Gasteiger partial charge in [0.05, 0.1) is 12.2 Å². The molecule has 1 atom stereocenters. The minimum Gasteiger partial charge on any atom is -0.383 e. The van der Waals surface area contributed by atoms with Crippen LogP contribution in [0.4, 0.5) is 13.2 Å². The highest BCUT2D eigenvalue weighted by Crippen LogP contribution is 2.30. The number of nitrogens with one attached hydrogen (secondary N) is 2. The zero-order valence-electron chi connectivity index (χ0n) is 19.3. The van der Waals surface area contributed by atoms with Gasteiger partial charge in [0.2, 0.25) is 5.91 Å². The molecule has 35 heavy (non-hydrogen) atoms. The average molecular weight is 492 g/mol. The summed E-state index contributed by atoms with van der Waals surface area (Å²) in [6, 6.07) is 12.0. The maximum atomic E-state index is 13.0. The number of hydrogen-bond acceptors (Lipinski definition) is 4. The lowest BCUT2D eigenvalue weighted by Crippen LogP contribution is -2.54. The van der Waals surface area contributed by atoms with E-state index in [4.69, 9.17) is 4.74 Å². The molecule has 0 spiro atoms. The van der Waals surface area contributed by atoms with Crippen molar-refractivity contribution in [2.75, 3.05) is 33.4 Å². The maximum Gasteiger partial charge on any atom is 0.416 e. The molecule has 188 valence electrons. The molecule has 1 aliphatic rings. The molecule has 2 aromatic rings. The Hall–Kier alpha value is -3.40. The van der Waals surface area contributed by atoms with Crippen LogP contribution in [0.15, 0.2) is 54.6 Å². The number of rotatable bonds is 8. The summed E-state index contributed by atoms with van der Waals surface area (Å²) in [5.74, 6) is -1.49. The van der Waals surface area contributed by atoms with Gasteiger partial charge in [0.1, 0.15) is 6.04 Å². The van der Waals surface area contributed by atoms with E-state index in [2.05, 4.69) is 10.6 Å². The lowest BCUT2D eigenvalue weighted by Gasteiger charge is -2.36. The van der Waals surface area contributed by atoms with E-state index in [1.165, 1.54) is 24.1 Å². The predicted octanol–water partition coefficient (Wildman–Crippen LogP) is 3.12. The standard InChI is InChI=1S/C25H28F3N3O4/c1-35-15-12-29-23(33)21(30-22(32)18-6-3-2-4-7-18)17-10-13-31(14-11-17)24(34)19-8-5-9-20(16-19)25(26,27)28/h2-9,16-17,21H,10-15H2,1H3,(H,29,33)(H,30,32). The maximum absolute atomic E-state index is 13.0. The Kier molecular flexibility index (Phi) is 8.86. The molecule has 3 amide bonds. The number of benzene rings is 2. The first-order valence-corrected chi connectivity index (χ1v) is 11.3. The number of nitrogens with zero attached hydrogens (tertiary/aromatic N) is 1. The van der Waals surface area contributed by atoms with E-state index in [1.807, 2.05) is 0 Å². The number of hydrogen-bond donors (Lipinski definition) is 2. The number of alkyl halides is 3. The number of methoxy groups -OCH3 is 1. The topological polar surface area (TPSA) is 87.7 Å². The third-order valence-electron chi connectivity index (χ3n) is 5.95. The van der Waals surface area contributed by atoms with Crippen LogP contribution < -0.4 is 10.6 Å². The van der Waals surface area contributed by atoms with Crippen LogP contribution in [0.5, 0.6) is 0 Å². The second kappa shape index (κ2) is 11.8. The van der Waals surface area contributed by atoms with Crippen LogP contribution in [0.3, 0.4) is 0 Å². The number of likely N-dealkylation sites (tertiary alicyclic amines) is 1. The lowest BCUT2D eigenvalue weighted by molar-refractivity contribution is -0.137. The molecule has 0 saturated carbocycles. The van der Waals surface area contributed by atoms with Crippen molar-refractivity contribution >= 4 is 17.7 Å². The van der Waals surface area contributed by atoms with Crippen LogP contribution in [0.2, 0.25) is 0 Å². The van der Waals surface area contributed by atoms with Crippen molar-refractivity contribution < 1.29 is 32.3 Å². The molecule has 1 saturated heterocycles. The van der Waals surface area contributed by atoms with Gasteiger partial charge in [0, 0.05) is 37.9 Å². The Morgan fingerprint density at radius 3 is 2.31 bits per heavy atom. The molecule has 10 heteroatoms. The van der Waals surface area contributed by atoms with Gasteiger partial charge >= 0.3 is 6.18 Å². The lowest BCUT2D eigenvalue weighted by atomic mass is 9.88. The van der Waals surface area contributed by atoms with Gasteiger partial charge in [-0.25, -0.2) is 0 Å². The monoisotopic (exact) mass is 491 g/mol. The van der Waals surface area contributed by atoms with Crippen LogP contribution in [-0.2, 0) is 15.7 Å². The van der Waals surface area contributed by atoms with Gasteiger partial charge in [-0.05, 0) is 49.1 Å². The van der Waals surface area contributed by atoms with Crippen LogP contribution in [0.25, 0.3) is 0 Å². The molecule has 0 aromatic heterocycles. The van der Waals surface area contributed by atoms with Crippen LogP contribution in [0, 0.1) is 5.92 Å². The minimum absolute atomic E-state index is 0.0375. The Labute approximate surface area is 201 Å². The molecule has 0 radical (unpaired) electrons. The molecule has 0 bridgehead atoms. The summed E-state index contributed by atoms with van der Waals surface area (Å²) in [7, 11) is 1.51. The molecule has 1 fully saturated rings. The first kappa shape index (κ1) is 26.2.